The SMILES string of the molecule is CNc1nn(C(c2ccccc2)(c2ccccc2)c2ccccc2)c2ccc(-c3ccccc3N)cc12. The molecule has 0 saturated carbocycles. The highest BCUT2D eigenvalue weighted by molar-refractivity contribution is 5.95. The Morgan fingerprint density at radius 3 is 1.68 bits per heavy atom. The molecule has 4 nitrogen and oxygen atoms in total. The van der Waals surface area contributed by atoms with Crippen LogP contribution in [-0.2, 0) is 5.54 Å². The van der Waals surface area contributed by atoms with Crippen molar-refractivity contribution in [3.63, 3.8) is 0 Å². The summed E-state index contributed by atoms with van der Waals surface area (Å²) in [5.74, 6) is 0.818. The van der Waals surface area contributed by atoms with Gasteiger partial charge in [0.2, 0.25) is 0 Å². The summed E-state index contributed by atoms with van der Waals surface area (Å²) in [6.07, 6.45) is 0. The summed E-state index contributed by atoms with van der Waals surface area (Å²) in [5, 5.41) is 9.63. The average molecular weight is 481 g/mol. The van der Waals surface area contributed by atoms with Crippen molar-refractivity contribution < 1.29 is 0 Å². The maximum atomic E-state index is 6.33. The van der Waals surface area contributed by atoms with Crippen molar-refractivity contribution in [2.45, 2.75) is 5.54 Å². The van der Waals surface area contributed by atoms with Gasteiger partial charge < -0.3 is 11.1 Å². The number of fused-ring (bicyclic) bond motifs is 1. The Kier molecular flexibility index (Phi) is 5.70. The van der Waals surface area contributed by atoms with Crippen molar-refractivity contribution in [1.29, 1.82) is 0 Å². The largest absolute Gasteiger partial charge is 0.398 e. The molecule has 0 radical (unpaired) electrons. The first-order valence-corrected chi connectivity index (χ1v) is 12.5. The Bertz CT molecular complexity index is 1560. The molecule has 0 spiro atoms. The van der Waals surface area contributed by atoms with Crippen molar-refractivity contribution in [2.24, 2.45) is 0 Å². The van der Waals surface area contributed by atoms with Gasteiger partial charge in [0, 0.05) is 23.7 Å². The zero-order chi connectivity index (χ0) is 25.2. The summed E-state index contributed by atoms with van der Waals surface area (Å²) in [7, 11) is 1.92. The Hall–Kier alpha value is -4.83. The molecule has 0 aliphatic rings. The van der Waals surface area contributed by atoms with E-state index in [0.717, 1.165) is 50.2 Å². The maximum absolute atomic E-state index is 6.33. The number of hydrogen-bond acceptors (Lipinski definition) is 3. The van der Waals surface area contributed by atoms with E-state index in [1.807, 2.05) is 25.2 Å². The minimum absolute atomic E-state index is 0.690. The molecule has 6 aromatic rings. The third-order valence-electron chi connectivity index (χ3n) is 7.08. The van der Waals surface area contributed by atoms with Crippen molar-refractivity contribution >= 4 is 22.4 Å². The number of aromatic nitrogens is 2. The molecule has 5 aromatic carbocycles. The molecule has 1 heterocycles. The number of anilines is 2. The topological polar surface area (TPSA) is 55.9 Å². The predicted octanol–water partition coefficient (Wildman–Crippen LogP) is 7.17. The number of nitrogens with zero attached hydrogens (tertiary/aromatic N) is 2. The van der Waals surface area contributed by atoms with E-state index >= 15 is 0 Å². The van der Waals surface area contributed by atoms with E-state index in [4.69, 9.17) is 10.8 Å². The lowest BCUT2D eigenvalue weighted by molar-refractivity contribution is 0.477. The average Bonchev–Trinajstić information content (AvgIpc) is 3.34. The van der Waals surface area contributed by atoms with Crippen LogP contribution in [-0.4, -0.2) is 16.8 Å². The number of nitrogens with two attached hydrogens (primary N) is 1. The summed E-state index contributed by atoms with van der Waals surface area (Å²) >= 11 is 0. The summed E-state index contributed by atoms with van der Waals surface area (Å²) in [6.45, 7) is 0. The molecule has 37 heavy (non-hydrogen) atoms. The fourth-order valence-electron chi connectivity index (χ4n) is 5.39. The van der Waals surface area contributed by atoms with Gasteiger partial charge in [-0.15, -0.1) is 0 Å². The number of nitrogens with one attached hydrogen (secondary N) is 1. The van der Waals surface area contributed by atoms with Crippen molar-refractivity contribution in [3.05, 3.63) is 150 Å². The second-order valence-electron chi connectivity index (χ2n) is 9.14. The Morgan fingerprint density at radius 2 is 1.16 bits per heavy atom. The predicted molar refractivity (Wildman–Crippen MR) is 154 cm³/mol. The van der Waals surface area contributed by atoms with Gasteiger partial charge in [0.1, 0.15) is 5.54 Å². The maximum Gasteiger partial charge on any atom is 0.155 e. The summed E-state index contributed by atoms with van der Waals surface area (Å²) in [5.41, 5.74) is 12.9. The molecule has 0 amide bonds. The van der Waals surface area contributed by atoms with E-state index in [1.165, 1.54) is 0 Å². The number of para-hydroxylation sites is 1. The van der Waals surface area contributed by atoms with Gasteiger partial charge in [-0.05, 0) is 40.5 Å². The first-order valence-electron chi connectivity index (χ1n) is 12.5. The number of nitrogen functional groups attached to an aromatic ring is 1. The zero-order valence-electron chi connectivity index (χ0n) is 20.7. The highest BCUT2D eigenvalue weighted by Crippen LogP contribution is 2.44. The van der Waals surface area contributed by atoms with E-state index in [1.54, 1.807) is 0 Å². The molecule has 0 bridgehead atoms. The molecular formula is C33H28N4. The Morgan fingerprint density at radius 1 is 0.649 bits per heavy atom. The normalized spacial score (nSPS) is 11.5. The molecule has 0 saturated heterocycles. The first kappa shape index (κ1) is 22.6. The second kappa shape index (κ2) is 9.32. The number of rotatable bonds is 6. The zero-order valence-corrected chi connectivity index (χ0v) is 20.7. The minimum Gasteiger partial charge on any atom is -0.398 e. The van der Waals surface area contributed by atoms with Crippen LogP contribution in [0.15, 0.2) is 133 Å². The van der Waals surface area contributed by atoms with Gasteiger partial charge >= 0.3 is 0 Å². The van der Waals surface area contributed by atoms with Crippen LogP contribution in [0.2, 0.25) is 0 Å². The van der Waals surface area contributed by atoms with E-state index in [0.29, 0.717) is 0 Å². The fraction of sp³-hybridized carbons (Fsp3) is 0.0606. The number of hydrogen-bond donors (Lipinski definition) is 2. The highest BCUT2D eigenvalue weighted by Gasteiger charge is 2.40. The van der Waals surface area contributed by atoms with Crippen LogP contribution in [0.5, 0.6) is 0 Å². The smallest absolute Gasteiger partial charge is 0.155 e. The van der Waals surface area contributed by atoms with Gasteiger partial charge in [-0.25, -0.2) is 4.68 Å². The molecule has 180 valence electrons. The minimum atomic E-state index is -0.690. The van der Waals surface area contributed by atoms with Gasteiger partial charge in [0.25, 0.3) is 0 Å². The molecular weight excluding hydrogens is 452 g/mol. The van der Waals surface area contributed by atoms with Crippen molar-refractivity contribution in [3.8, 4) is 11.1 Å². The number of benzene rings is 5. The monoisotopic (exact) mass is 480 g/mol. The third kappa shape index (κ3) is 3.66. The van der Waals surface area contributed by atoms with Gasteiger partial charge in [0.05, 0.1) is 5.52 Å². The van der Waals surface area contributed by atoms with Crippen LogP contribution in [0.4, 0.5) is 11.5 Å². The molecule has 0 aliphatic carbocycles. The van der Waals surface area contributed by atoms with E-state index < -0.39 is 5.54 Å². The quantitative estimate of drug-likeness (QED) is 0.196. The Labute approximate surface area is 217 Å². The van der Waals surface area contributed by atoms with Crippen molar-refractivity contribution in [1.82, 2.24) is 9.78 Å². The molecule has 6 rings (SSSR count). The molecule has 3 N–H and O–H groups in total. The molecule has 4 heteroatoms. The fourth-order valence-corrected chi connectivity index (χ4v) is 5.39. The van der Waals surface area contributed by atoms with Gasteiger partial charge in [-0.1, -0.05) is 115 Å². The van der Waals surface area contributed by atoms with E-state index in [2.05, 4.69) is 125 Å². The standard InChI is InChI=1S/C33H28N4/c1-35-32-29-23-24(28-19-11-12-20-30(28)34)21-22-31(29)37(36-32)33(25-13-5-2-6-14-25,26-15-7-3-8-16-26)27-17-9-4-10-18-27/h2-23H,34H2,1H3,(H,35,36). The van der Waals surface area contributed by atoms with E-state index in [-0.39, 0.29) is 0 Å². The van der Waals surface area contributed by atoms with Crippen LogP contribution in [0, 0.1) is 0 Å². The van der Waals surface area contributed by atoms with Crippen LogP contribution in [0.1, 0.15) is 16.7 Å². The van der Waals surface area contributed by atoms with E-state index in [9.17, 15) is 0 Å². The summed E-state index contributed by atoms with van der Waals surface area (Å²) in [6, 6.07) is 46.3. The third-order valence-corrected chi connectivity index (χ3v) is 7.08. The molecule has 0 aliphatic heterocycles. The van der Waals surface area contributed by atoms with Crippen LogP contribution >= 0.6 is 0 Å². The van der Waals surface area contributed by atoms with Crippen LogP contribution < -0.4 is 11.1 Å². The van der Waals surface area contributed by atoms with Crippen LogP contribution in [0.3, 0.4) is 0 Å². The van der Waals surface area contributed by atoms with Gasteiger partial charge in [-0.2, -0.15) is 5.10 Å². The second-order valence-corrected chi connectivity index (χ2v) is 9.14. The summed E-state index contributed by atoms with van der Waals surface area (Å²) in [4.78, 5) is 0. The molecule has 0 atom stereocenters. The molecule has 1 aromatic heterocycles. The lowest BCUT2D eigenvalue weighted by atomic mass is 9.77. The lowest BCUT2D eigenvalue weighted by Crippen LogP contribution is -2.38. The molecule has 0 fully saturated rings. The lowest BCUT2D eigenvalue weighted by Gasteiger charge is -2.37. The highest BCUT2D eigenvalue weighted by atomic mass is 15.4. The molecule has 0 unspecified atom stereocenters. The van der Waals surface area contributed by atoms with Crippen molar-refractivity contribution in [2.75, 3.05) is 18.1 Å². The Balaban J connectivity index is 1.72. The summed E-state index contributed by atoms with van der Waals surface area (Å²) < 4.78 is 2.17. The van der Waals surface area contributed by atoms with Gasteiger partial charge in [-0.3, -0.25) is 0 Å². The van der Waals surface area contributed by atoms with Gasteiger partial charge in [0.15, 0.2) is 5.82 Å². The first-order chi connectivity index (χ1) is 18.2. The van der Waals surface area contributed by atoms with Crippen LogP contribution in [0.25, 0.3) is 22.0 Å².